The van der Waals surface area contributed by atoms with Gasteiger partial charge in [0.25, 0.3) is 0 Å². The number of aryl methyl sites for hydroxylation is 1. The third-order valence-corrected chi connectivity index (χ3v) is 5.33. The smallest absolute Gasteiger partial charge is 0.240 e. The average molecular weight is 426 g/mol. The van der Waals surface area contributed by atoms with Crippen LogP contribution in [0.5, 0.6) is 11.5 Å². The first kappa shape index (κ1) is 21.4. The van der Waals surface area contributed by atoms with Gasteiger partial charge in [0.15, 0.2) is 16.7 Å². The summed E-state index contributed by atoms with van der Waals surface area (Å²) in [5, 5.41) is 13.3. The van der Waals surface area contributed by atoms with E-state index in [1.54, 1.807) is 20.3 Å². The number of nitrogens with one attached hydrogen (secondary N) is 2. The minimum Gasteiger partial charge on any atom is -0.493 e. The summed E-state index contributed by atoms with van der Waals surface area (Å²) >= 11 is 1.17. The molecule has 1 fully saturated rings. The molecule has 1 aliphatic heterocycles. The predicted molar refractivity (Wildman–Crippen MR) is 119 cm³/mol. The van der Waals surface area contributed by atoms with Gasteiger partial charge in [0.1, 0.15) is 5.25 Å². The standard InChI is InChI=1S/C21H22N4O4S/c1-13-7-9-15(10-8-13)23-18(26)11-17-20(27)24-21(30-17)25-22-12-14-5-4-6-16(28-2)19(14)29-3/h4-10,12,17H,11H2,1-3H3,(H,23,26)(H,24,25,27)/b22-12-/t17-/m0/s1. The molecule has 0 aliphatic carbocycles. The number of amidine groups is 1. The minimum absolute atomic E-state index is 0.0385. The molecular weight excluding hydrogens is 404 g/mol. The van der Waals surface area contributed by atoms with Crippen molar-refractivity contribution in [1.29, 1.82) is 0 Å². The van der Waals surface area contributed by atoms with Gasteiger partial charge in [-0.2, -0.15) is 5.10 Å². The van der Waals surface area contributed by atoms with Gasteiger partial charge < -0.3 is 20.1 Å². The van der Waals surface area contributed by atoms with Crippen molar-refractivity contribution in [3.05, 3.63) is 53.6 Å². The minimum atomic E-state index is -0.559. The number of rotatable bonds is 7. The molecule has 2 N–H and O–H groups in total. The summed E-state index contributed by atoms with van der Waals surface area (Å²) in [6.07, 6.45) is 1.55. The van der Waals surface area contributed by atoms with Crippen LogP contribution in [-0.2, 0) is 9.59 Å². The number of hydrogen-bond donors (Lipinski definition) is 2. The lowest BCUT2D eigenvalue weighted by Crippen LogP contribution is -2.28. The van der Waals surface area contributed by atoms with Gasteiger partial charge in [-0.15, -0.1) is 5.10 Å². The average Bonchev–Trinajstić information content (AvgIpc) is 3.08. The molecule has 1 saturated heterocycles. The maximum atomic E-state index is 12.2. The Morgan fingerprint density at radius 1 is 1.20 bits per heavy atom. The number of para-hydroxylation sites is 1. The summed E-state index contributed by atoms with van der Waals surface area (Å²) in [5.74, 6) is 0.611. The molecule has 1 aliphatic rings. The monoisotopic (exact) mass is 426 g/mol. The second-order valence-corrected chi connectivity index (χ2v) is 7.64. The first-order valence-electron chi connectivity index (χ1n) is 9.16. The Kier molecular flexibility index (Phi) is 7.08. The molecule has 0 bridgehead atoms. The van der Waals surface area contributed by atoms with Gasteiger partial charge in [0, 0.05) is 17.7 Å². The van der Waals surface area contributed by atoms with E-state index in [4.69, 9.17) is 9.47 Å². The van der Waals surface area contributed by atoms with Gasteiger partial charge in [0.2, 0.25) is 11.8 Å². The second kappa shape index (κ2) is 9.93. The van der Waals surface area contributed by atoms with Gasteiger partial charge in [-0.05, 0) is 31.2 Å². The fraction of sp³-hybridized carbons (Fsp3) is 0.238. The topological polar surface area (TPSA) is 101 Å². The molecule has 0 saturated carbocycles. The molecule has 0 spiro atoms. The summed E-state index contributed by atoms with van der Waals surface area (Å²) in [5.41, 5.74) is 2.48. The van der Waals surface area contributed by atoms with Gasteiger partial charge in [-0.25, -0.2) is 0 Å². The lowest BCUT2D eigenvalue weighted by Gasteiger charge is -2.08. The SMILES string of the molecule is COc1cccc(/C=N\N=C2\NC(=O)[C@H](CC(=O)Nc3ccc(C)cc3)S2)c1OC. The molecule has 2 amide bonds. The zero-order chi connectivity index (χ0) is 21.5. The number of carbonyl (C=O) groups is 2. The number of benzene rings is 2. The van der Waals surface area contributed by atoms with Crippen LogP contribution in [0.15, 0.2) is 52.7 Å². The molecule has 2 aromatic carbocycles. The van der Waals surface area contributed by atoms with E-state index in [0.717, 1.165) is 5.56 Å². The molecule has 0 unspecified atom stereocenters. The van der Waals surface area contributed by atoms with Gasteiger partial charge in [0.05, 0.1) is 20.4 Å². The molecule has 1 heterocycles. The highest BCUT2D eigenvalue weighted by atomic mass is 32.2. The molecule has 2 aromatic rings. The Balaban J connectivity index is 1.60. The van der Waals surface area contributed by atoms with E-state index in [2.05, 4.69) is 20.8 Å². The summed E-state index contributed by atoms with van der Waals surface area (Å²) < 4.78 is 10.6. The van der Waals surface area contributed by atoms with Gasteiger partial charge in [-0.3, -0.25) is 9.59 Å². The van der Waals surface area contributed by atoms with E-state index < -0.39 is 5.25 Å². The number of nitrogens with zero attached hydrogens (tertiary/aromatic N) is 2. The second-order valence-electron chi connectivity index (χ2n) is 6.45. The zero-order valence-corrected chi connectivity index (χ0v) is 17.7. The van der Waals surface area contributed by atoms with Crippen molar-refractivity contribution in [2.75, 3.05) is 19.5 Å². The van der Waals surface area contributed by atoms with Crippen molar-refractivity contribution >= 4 is 40.6 Å². The van der Waals surface area contributed by atoms with Gasteiger partial charge >= 0.3 is 0 Å². The number of methoxy groups -OCH3 is 2. The lowest BCUT2D eigenvalue weighted by atomic mass is 10.2. The molecule has 1 atom stereocenters. The fourth-order valence-electron chi connectivity index (χ4n) is 2.76. The molecule has 9 heteroatoms. The number of ether oxygens (including phenoxy) is 2. The number of amides is 2. The normalized spacial score (nSPS) is 17.2. The van der Waals surface area contributed by atoms with Crippen molar-refractivity contribution < 1.29 is 19.1 Å². The predicted octanol–water partition coefficient (Wildman–Crippen LogP) is 2.96. The Morgan fingerprint density at radius 3 is 2.67 bits per heavy atom. The molecule has 156 valence electrons. The van der Waals surface area contributed by atoms with Crippen LogP contribution in [0.3, 0.4) is 0 Å². The number of carbonyl (C=O) groups excluding carboxylic acids is 2. The Labute approximate surface area is 178 Å². The van der Waals surface area contributed by atoms with Crippen LogP contribution in [0.2, 0.25) is 0 Å². The van der Waals surface area contributed by atoms with E-state index in [9.17, 15) is 9.59 Å². The molecule has 30 heavy (non-hydrogen) atoms. The lowest BCUT2D eigenvalue weighted by molar-refractivity contribution is -0.122. The number of thioether (sulfide) groups is 1. The third-order valence-electron chi connectivity index (χ3n) is 4.26. The van der Waals surface area contributed by atoms with Crippen LogP contribution < -0.4 is 20.1 Å². The largest absolute Gasteiger partial charge is 0.493 e. The Hall–Kier alpha value is -3.33. The van der Waals surface area contributed by atoms with E-state index in [-0.39, 0.29) is 18.2 Å². The highest BCUT2D eigenvalue weighted by molar-refractivity contribution is 8.15. The first-order chi connectivity index (χ1) is 14.5. The fourth-order valence-corrected chi connectivity index (χ4v) is 3.68. The van der Waals surface area contributed by atoms with Crippen LogP contribution in [0, 0.1) is 6.92 Å². The van der Waals surface area contributed by atoms with Crippen molar-refractivity contribution in [3.63, 3.8) is 0 Å². The van der Waals surface area contributed by atoms with Crippen LogP contribution >= 0.6 is 11.8 Å². The number of hydrogen-bond acceptors (Lipinski definition) is 7. The van der Waals surface area contributed by atoms with Crippen LogP contribution in [0.25, 0.3) is 0 Å². The summed E-state index contributed by atoms with van der Waals surface area (Å²) in [6.45, 7) is 1.97. The van der Waals surface area contributed by atoms with Crippen molar-refractivity contribution in [2.45, 2.75) is 18.6 Å². The molecule has 3 rings (SSSR count). The quantitative estimate of drug-likeness (QED) is 0.524. The van der Waals surface area contributed by atoms with E-state index in [1.165, 1.54) is 18.0 Å². The number of anilines is 1. The van der Waals surface area contributed by atoms with Crippen LogP contribution in [-0.4, -0.2) is 42.7 Å². The Morgan fingerprint density at radius 2 is 1.97 bits per heavy atom. The van der Waals surface area contributed by atoms with E-state index in [1.807, 2.05) is 43.3 Å². The highest BCUT2D eigenvalue weighted by Gasteiger charge is 2.32. The maximum Gasteiger partial charge on any atom is 0.240 e. The summed E-state index contributed by atoms with van der Waals surface area (Å²) in [7, 11) is 3.10. The summed E-state index contributed by atoms with van der Waals surface area (Å²) in [4.78, 5) is 24.4. The zero-order valence-electron chi connectivity index (χ0n) is 16.8. The molecular formula is C21H22N4O4S. The molecule has 0 aromatic heterocycles. The van der Waals surface area contributed by atoms with E-state index in [0.29, 0.717) is 27.9 Å². The Bertz CT molecular complexity index is 989. The summed E-state index contributed by atoms with van der Waals surface area (Å²) in [6, 6.07) is 12.9. The highest BCUT2D eigenvalue weighted by Crippen LogP contribution is 2.29. The van der Waals surface area contributed by atoms with Crippen molar-refractivity contribution in [3.8, 4) is 11.5 Å². The van der Waals surface area contributed by atoms with Crippen LogP contribution in [0.4, 0.5) is 5.69 Å². The first-order valence-corrected chi connectivity index (χ1v) is 10.0. The van der Waals surface area contributed by atoms with E-state index >= 15 is 0 Å². The van der Waals surface area contributed by atoms with Crippen molar-refractivity contribution in [1.82, 2.24) is 5.32 Å². The van der Waals surface area contributed by atoms with Crippen LogP contribution in [0.1, 0.15) is 17.5 Å². The molecule has 0 radical (unpaired) electrons. The molecule has 8 nitrogen and oxygen atoms in total. The van der Waals surface area contributed by atoms with Gasteiger partial charge in [-0.1, -0.05) is 35.5 Å². The maximum absolute atomic E-state index is 12.2. The third kappa shape index (κ3) is 5.38. The van der Waals surface area contributed by atoms with Crippen molar-refractivity contribution in [2.24, 2.45) is 10.2 Å².